The van der Waals surface area contributed by atoms with Crippen molar-refractivity contribution in [3.63, 3.8) is 0 Å². The maximum atomic E-state index is 11.5. The van der Waals surface area contributed by atoms with Crippen LogP contribution in [0.25, 0.3) is 0 Å². The third kappa shape index (κ3) is 4.30. The summed E-state index contributed by atoms with van der Waals surface area (Å²) in [5, 5.41) is 3.17. The molecular weight excluding hydrogens is 272 g/mol. The summed E-state index contributed by atoms with van der Waals surface area (Å²) in [6.45, 7) is 5.34. The molecule has 3 N–H and O–H groups in total. The molecule has 1 aromatic rings. The van der Waals surface area contributed by atoms with Crippen LogP contribution < -0.4 is 11.1 Å². The fraction of sp³-hybridized carbons (Fsp3) is 0.571. The van der Waals surface area contributed by atoms with E-state index in [1.807, 2.05) is 0 Å². The first-order valence-electron chi connectivity index (χ1n) is 7.09. The molecule has 7 heteroatoms. The number of rotatable bonds is 6. The molecule has 116 valence electrons. The van der Waals surface area contributed by atoms with Gasteiger partial charge in [-0.15, -0.1) is 0 Å². The van der Waals surface area contributed by atoms with Gasteiger partial charge in [0, 0.05) is 25.8 Å². The number of hydrogen-bond acceptors (Lipinski definition) is 7. The lowest BCUT2D eigenvalue weighted by Crippen LogP contribution is -2.37. The zero-order chi connectivity index (χ0) is 15.1. The molecule has 2 heterocycles. The fourth-order valence-electron chi connectivity index (χ4n) is 2.24. The van der Waals surface area contributed by atoms with Crippen molar-refractivity contribution in [2.24, 2.45) is 0 Å². The van der Waals surface area contributed by atoms with Gasteiger partial charge in [0.2, 0.25) is 0 Å². The molecule has 0 spiro atoms. The summed E-state index contributed by atoms with van der Waals surface area (Å²) in [7, 11) is 1.33. The maximum Gasteiger partial charge on any atom is 0.340 e. The average molecular weight is 294 g/mol. The first-order valence-corrected chi connectivity index (χ1v) is 7.09. The topological polar surface area (TPSA) is 89.7 Å². The van der Waals surface area contributed by atoms with Crippen molar-refractivity contribution in [2.45, 2.75) is 6.42 Å². The highest BCUT2D eigenvalue weighted by Gasteiger charge is 2.14. The van der Waals surface area contributed by atoms with E-state index >= 15 is 0 Å². The van der Waals surface area contributed by atoms with Crippen molar-refractivity contribution in [1.82, 2.24) is 9.88 Å². The Kier molecular flexibility index (Phi) is 5.77. The van der Waals surface area contributed by atoms with E-state index < -0.39 is 5.97 Å². The normalized spacial score (nSPS) is 15.7. The zero-order valence-corrected chi connectivity index (χ0v) is 12.3. The highest BCUT2D eigenvalue weighted by molar-refractivity contribution is 5.97. The van der Waals surface area contributed by atoms with E-state index in [1.54, 1.807) is 12.3 Å². The Bertz CT molecular complexity index is 475. The van der Waals surface area contributed by atoms with Crippen molar-refractivity contribution < 1.29 is 14.3 Å². The quantitative estimate of drug-likeness (QED) is 0.586. The number of pyridine rings is 1. The van der Waals surface area contributed by atoms with E-state index in [2.05, 4.69) is 19.9 Å². The first-order chi connectivity index (χ1) is 10.2. The first kappa shape index (κ1) is 15.5. The summed E-state index contributed by atoms with van der Waals surface area (Å²) in [5.74, 6) is 0.0751. The van der Waals surface area contributed by atoms with E-state index in [0.29, 0.717) is 17.1 Å². The molecule has 0 radical (unpaired) electrons. The van der Waals surface area contributed by atoms with Gasteiger partial charge in [-0.25, -0.2) is 9.78 Å². The number of methoxy groups -OCH3 is 1. The monoisotopic (exact) mass is 294 g/mol. The van der Waals surface area contributed by atoms with Gasteiger partial charge in [0.25, 0.3) is 0 Å². The van der Waals surface area contributed by atoms with Crippen LogP contribution in [-0.2, 0) is 9.47 Å². The Morgan fingerprint density at radius 1 is 1.52 bits per heavy atom. The van der Waals surface area contributed by atoms with Crippen LogP contribution in [0.2, 0.25) is 0 Å². The van der Waals surface area contributed by atoms with Crippen molar-refractivity contribution in [3.05, 3.63) is 17.8 Å². The molecule has 0 saturated carbocycles. The molecule has 1 aliphatic heterocycles. The molecule has 0 aromatic carbocycles. The Hall–Kier alpha value is -1.86. The number of hydrogen-bond donors (Lipinski definition) is 2. The number of esters is 1. The molecule has 1 aromatic heterocycles. The van der Waals surface area contributed by atoms with Crippen LogP contribution in [0.4, 0.5) is 11.5 Å². The van der Waals surface area contributed by atoms with Crippen molar-refractivity contribution in [1.29, 1.82) is 0 Å². The SMILES string of the molecule is COC(=O)c1ccnc(NCCCN2CCOCC2)c1N. The number of nitrogen functional groups attached to an aromatic ring is 1. The van der Waals surface area contributed by atoms with Gasteiger partial charge in [0.1, 0.15) is 5.82 Å². The number of nitrogens with one attached hydrogen (secondary N) is 1. The molecule has 7 nitrogen and oxygen atoms in total. The molecule has 0 bridgehead atoms. The Balaban J connectivity index is 1.81. The van der Waals surface area contributed by atoms with Gasteiger partial charge >= 0.3 is 5.97 Å². The summed E-state index contributed by atoms with van der Waals surface area (Å²) in [6, 6.07) is 1.56. The van der Waals surface area contributed by atoms with Gasteiger partial charge in [-0.1, -0.05) is 0 Å². The Morgan fingerprint density at radius 3 is 3.00 bits per heavy atom. The molecule has 2 rings (SSSR count). The fourth-order valence-corrected chi connectivity index (χ4v) is 2.24. The molecule has 0 aliphatic carbocycles. The van der Waals surface area contributed by atoms with E-state index in [4.69, 9.17) is 10.5 Å². The lowest BCUT2D eigenvalue weighted by atomic mass is 10.2. The number of morpholine rings is 1. The molecule has 0 unspecified atom stereocenters. The lowest BCUT2D eigenvalue weighted by Gasteiger charge is -2.26. The standard InChI is InChI=1S/C14H22N4O3/c1-20-14(19)11-3-5-17-13(12(11)15)16-4-2-6-18-7-9-21-10-8-18/h3,5H,2,4,6-10,15H2,1H3,(H,16,17). The van der Waals surface area contributed by atoms with E-state index in [-0.39, 0.29) is 0 Å². The van der Waals surface area contributed by atoms with E-state index in [1.165, 1.54) is 7.11 Å². The van der Waals surface area contributed by atoms with Crippen molar-refractivity contribution in [2.75, 3.05) is 57.6 Å². The van der Waals surface area contributed by atoms with E-state index in [0.717, 1.165) is 45.8 Å². The summed E-state index contributed by atoms with van der Waals surface area (Å²) in [4.78, 5) is 18.1. The van der Waals surface area contributed by atoms with Crippen LogP contribution in [0.15, 0.2) is 12.3 Å². The van der Waals surface area contributed by atoms with Crippen molar-refractivity contribution >= 4 is 17.5 Å². The second-order valence-corrected chi connectivity index (χ2v) is 4.85. The molecule has 1 fully saturated rings. The molecule has 1 aliphatic rings. The molecular formula is C14H22N4O3. The predicted octanol–water partition coefficient (Wildman–Crippen LogP) is 0.585. The molecule has 0 atom stereocenters. The summed E-state index contributed by atoms with van der Waals surface area (Å²) in [5.41, 5.74) is 6.60. The number of nitrogens with zero attached hydrogens (tertiary/aromatic N) is 2. The summed E-state index contributed by atoms with van der Waals surface area (Å²) >= 11 is 0. The summed E-state index contributed by atoms with van der Waals surface area (Å²) < 4.78 is 9.99. The van der Waals surface area contributed by atoms with Crippen LogP contribution in [0.5, 0.6) is 0 Å². The summed E-state index contributed by atoms with van der Waals surface area (Å²) in [6.07, 6.45) is 2.52. The van der Waals surface area contributed by atoms with Crippen LogP contribution in [0.1, 0.15) is 16.8 Å². The Morgan fingerprint density at radius 2 is 2.29 bits per heavy atom. The van der Waals surface area contributed by atoms with Gasteiger partial charge in [-0.3, -0.25) is 4.90 Å². The number of nitrogens with two attached hydrogens (primary N) is 1. The minimum atomic E-state index is -0.453. The van der Waals surface area contributed by atoms with Crippen molar-refractivity contribution in [3.8, 4) is 0 Å². The highest BCUT2D eigenvalue weighted by atomic mass is 16.5. The Labute approximate surface area is 124 Å². The maximum absolute atomic E-state index is 11.5. The van der Waals surface area contributed by atoms with Gasteiger partial charge in [-0.2, -0.15) is 0 Å². The van der Waals surface area contributed by atoms with Crippen LogP contribution in [0, 0.1) is 0 Å². The molecule has 1 saturated heterocycles. The minimum Gasteiger partial charge on any atom is -0.465 e. The number of carbonyl (C=O) groups is 1. The average Bonchev–Trinajstić information content (AvgIpc) is 2.53. The molecule has 21 heavy (non-hydrogen) atoms. The van der Waals surface area contributed by atoms with Gasteiger partial charge in [0.15, 0.2) is 0 Å². The second kappa shape index (κ2) is 7.80. The second-order valence-electron chi connectivity index (χ2n) is 4.85. The zero-order valence-electron chi connectivity index (χ0n) is 12.3. The van der Waals surface area contributed by atoms with Crippen LogP contribution in [0.3, 0.4) is 0 Å². The number of ether oxygens (including phenoxy) is 2. The predicted molar refractivity (Wildman–Crippen MR) is 80.4 cm³/mol. The molecule has 0 amide bonds. The smallest absolute Gasteiger partial charge is 0.340 e. The number of aromatic nitrogens is 1. The largest absolute Gasteiger partial charge is 0.465 e. The van der Waals surface area contributed by atoms with Crippen LogP contribution in [-0.4, -0.2) is 62.4 Å². The minimum absolute atomic E-state index is 0.329. The van der Waals surface area contributed by atoms with E-state index in [9.17, 15) is 4.79 Å². The highest BCUT2D eigenvalue weighted by Crippen LogP contribution is 2.20. The van der Waals surface area contributed by atoms with Crippen LogP contribution >= 0.6 is 0 Å². The third-order valence-electron chi connectivity index (χ3n) is 3.44. The van der Waals surface area contributed by atoms with Gasteiger partial charge < -0.3 is 20.5 Å². The number of carbonyl (C=O) groups excluding carboxylic acids is 1. The van der Waals surface area contributed by atoms with Gasteiger partial charge in [0.05, 0.1) is 31.6 Å². The lowest BCUT2D eigenvalue weighted by molar-refractivity contribution is 0.0378. The number of anilines is 2. The van der Waals surface area contributed by atoms with Gasteiger partial charge in [-0.05, 0) is 19.0 Å². The third-order valence-corrected chi connectivity index (χ3v) is 3.44.